The first kappa shape index (κ1) is 30.7. The molecule has 0 bridgehead atoms. The van der Waals surface area contributed by atoms with E-state index >= 15 is 22.0 Å². The summed E-state index contributed by atoms with van der Waals surface area (Å²) in [7, 11) is 0. The number of halogens is 8. The maximum atomic E-state index is 15.4. The zero-order chi connectivity index (χ0) is 34.5. The minimum absolute atomic E-state index is 0.0212. The first-order valence-electron chi connectivity index (χ1n) is 15.1. The molecular formula is C39H22F8N2. The maximum absolute atomic E-state index is 15.4. The third-order valence-electron chi connectivity index (χ3n) is 9.04. The Kier molecular flexibility index (Phi) is 6.69. The van der Waals surface area contributed by atoms with Gasteiger partial charge in [-0.3, -0.25) is 0 Å². The van der Waals surface area contributed by atoms with E-state index in [0.29, 0.717) is 22.1 Å². The highest BCUT2D eigenvalue weighted by molar-refractivity contribution is 6.12. The van der Waals surface area contributed by atoms with Crippen LogP contribution in [0.3, 0.4) is 0 Å². The fourth-order valence-electron chi connectivity index (χ4n) is 6.90. The van der Waals surface area contributed by atoms with E-state index in [0.717, 1.165) is 44.8 Å². The van der Waals surface area contributed by atoms with E-state index in [-0.39, 0.29) is 11.4 Å². The van der Waals surface area contributed by atoms with Crippen LogP contribution in [0.25, 0.3) is 66.1 Å². The van der Waals surface area contributed by atoms with Crippen molar-refractivity contribution in [2.24, 2.45) is 0 Å². The standard InChI is InChI=1S/C39H22F8N2/c1-19-11-13-23-21-7-3-5-9-27(21)48(29(23)15-19)31-17-25(33-34(40)36(42)38(44)37(43)35(33)41)26(39(45,46)47)18-32(31)49-28-10-6-4-8-22(28)24-14-12-20(2)16-30(24)49/h3-18H,1-2H3. The van der Waals surface area contributed by atoms with Gasteiger partial charge in [-0.1, -0.05) is 60.7 Å². The SMILES string of the molecule is Cc1ccc2c3ccccc3n(-c3cc(-c4c(F)c(F)c(F)c(F)c4F)c(C(F)(F)F)cc3-n3c4ccccc4c4ccc(C)cc43)c2c1. The van der Waals surface area contributed by atoms with Gasteiger partial charge in [-0.2, -0.15) is 13.2 Å². The fraction of sp³-hybridized carbons (Fsp3) is 0.0769. The molecule has 0 saturated carbocycles. The van der Waals surface area contributed by atoms with Crippen LogP contribution in [-0.4, -0.2) is 9.13 Å². The Morgan fingerprint density at radius 2 is 0.857 bits per heavy atom. The summed E-state index contributed by atoms with van der Waals surface area (Å²) < 4.78 is 123. The monoisotopic (exact) mass is 670 g/mol. The number of aromatic nitrogens is 2. The smallest absolute Gasteiger partial charge is 0.307 e. The molecule has 0 radical (unpaired) electrons. The molecule has 0 spiro atoms. The van der Waals surface area contributed by atoms with Gasteiger partial charge in [0.05, 0.1) is 44.6 Å². The Labute approximate surface area is 273 Å². The van der Waals surface area contributed by atoms with E-state index in [9.17, 15) is 13.2 Å². The highest BCUT2D eigenvalue weighted by Gasteiger charge is 2.39. The molecule has 0 saturated heterocycles. The van der Waals surface area contributed by atoms with Gasteiger partial charge in [0.25, 0.3) is 0 Å². The lowest BCUT2D eigenvalue weighted by molar-refractivity contribution is -0.137. The Balaban J connectivity index is 1.64. The molecule has 8 rings (SSSR count). The predicted molar refractivity (Wildman–Crippen MR) is 175 cm³/mol. The number of para-hydroxylation sites is 2. The molecular weight excluding hydrogens is 648 g/mol. The molecule has 10 heteroatoms. The maximum Gasteiger partial charge on any atom is 0.417 e. The average molecular weight is 671 g/mol. The molecule has 2 nitrogen and oxygen atoms in total. The number of alkyl halides is 3. The highest BCUT2D eigenvalue weighted by atomic mass is 19.4. The van der Waals surface area contributed by atoms with Crippen LogP contribution in [0.2, 0.25) is 0 Å². The number of nitrogens with zero attached hydrogens (tertiary/aromatic N) is 2. The van der Waals surface area contributed by atoms with E-state index in [1.165, 1.54) is 0 Å². The van der Waals surface area contributed by atoms with Crippen LogP contribution in [0.1, 0.15) is 16.7 Å². The molecule has 0 atom stereocenters. The van der Waals surface area contributed by atoms with Gasteiger partial charge in [0.1, 0.15) is 0 Å². The van der Waals surface area contributed by atoms with Crippen LogP contribution in [0.5, 0.6) is 0 Å². The summed E-state index contributed by atoms with van der Waals surface area (Å²) in [5.41, 5.74) is -0.626. The van der Waals surface area contributed by atoms with Crippen molar-refractivity contribution in [2.75, 3.05) is 0 Å². The highest BCUT2D eigenvalue weighted by Crippen LogP contribution is 2.46. The van der Waals surface area contributed by atoms with E-state index in [1.54, 1.807) is 45.5 Å². The third-order valence-corrected chi connectivity index (χ3v) is 9.04. The molecule has 49 heavy (non-hydrogen) atoms. The second-order valence-corrected chi connectivity index (χ2v) is 12.1. The third kappa shape index (κ3) is 4.46. The normalized spacial score (nSPS) is 12.3. The van der Waals surface area contributed by atoms with Crippen molar-refractivity contribution >= 4 is 43.6 Å². The summed E-state index contributed by atoms with van der Waals surface area (Å²) in [4.78, 5) is 0. The molecule has 8 aromatic rings. The van der Waals surface area contributed by atoms with E-state index in [2.05, 4.69) is 0 Å². The van der Waals surface area contributed by atoms with Crippen molar-refractivity contribution in [3.63, 3.8) is 0 Å². The van der Waals surface area contributed by atoms with Gasteiger partial charge in [0.2, 0.25) is 5.82 Å². The molecule has 0 aliphatic carbocycles. The Hall–Kier alpha value is -5.64. The average Bonchev–Trinajstić information content (AvgIpc) is 3.57. The summed E-state index contributed by atoms with van der Waals surface area (Å²) in [5.74, 6) is -11.9. The van der Waals surface area contributed by atoms with Crippen LogP contribution in [0.4, 0.5) is 35.1 Å². The summed E-state index contributed by atoms with van der Waals surface area (Å²) in [6.07, 6.45) is -5.28. The minimum Gasteiger partial charge on any atom is -0.307 e. The molecule has 6 aromatic carbocycles. The van der Waals surface area contributed by atoms with Gasteiger partial charge < -0.3 is 9.13 Å². The predicted octanol–water partition coefficient (Wildman–Crippen LogP) is 11.9. The molecule has 2 heterocycles. The largest absolute Gasteiger partial charge is 0.417 e. The van der Waals surface area contributed by atoms with Crippen LogP contribution in [0.15, 0.2) is 97.1 Å². The number of aryl methyl sites for hydroxylation is 2. The topological polar surface area (TPSA) is 9.86 Å². The van der Waals surface area contributed by atoms with E-state index in [4.69, 9.17) is 0 Å². The lowest BCUT2D eigenvalue weighted by Gasteiger charge is -2.22. The summed E-state index contributed by atoms with van der Waals surface area (Å²) >= 11 is 0. The number of hydrogen-bond acceptors (Lipinski definition) is 0. The second-order valence-electron chi connectivity index (χ2n) is 12.1. The summed E-state index contributed by atoms with van der Waals surface area (Å²) in [5, 5.41) is 2.95. The summed E-state index contributed by atoms with van der Waals surface area (Å²) in [6, 6.07) is 27.0. The Morgan fingerprint density at radius 1 is 0.449 bits per heavy atom. The van der Waals surface area contributed by atoms with Crippen molar-refractivity contribution < 1.29 is 35.1 Å². The van der Waals surface area contributed by atoms with Crippen molar-refractivity contribution in [1.29, 1.82) is 0 Å². The van der Waals surface area contributed by atoms with Crippen LogP contribution >= 0.6 is 0 Å². The quantitative estimate of drug-likeness (QED) is 0.101. The van der Waals surface area contributed by atoms with Gasteiger partial charge in [-0.05, 0) is 61.4 Å². The molecule has 0 unspecified atom stereocenters. The first-order chi connectivity index (χ1) is 23.4. The fourth-order valence-corrected chi connectivity index (χ4v) is 6.90. The van der Waals surface area contributed by atoms with E-state index in [1.807, 2.05) is 62.4 Å². The molecule has 0 fully saturated rings. The Morgan fingerprint density at radius 3 is 1.33 bits per heavy atom. The first-order valence-corrected chi connectivity index (χ1v) is 15.1. The molecule has 2 aromatic heterocycles. The number of fused-ring (bicyclic) bond motifs is 6. The zero-order valence-electron chi connectivity index (χ0n) is 25.7. The van der Waals surface area contributed by atoms with E-state index < -0.39 is 52.0 Å². The lowest BCUT2D eigenvalue weighted by atomic mass is 9.95. The van der Waals surface area contributed by atoms with Crippen molar-refractivity contribution in [1.82, 2.24) is 9.13 Å². The molecule has 0 aliphatic heterocycles. The minimum atomic E-state index is -5.28. The van der Waals surface area contributed by atoms with Crippen molar-refractivity contribution in [3.05, 3.63) is 143 Å². The second kappa shape index (κ2) is 10.7. The summed E-state index contributed by atoms with van der Waals surface area (Å²) in [6.45, 7) is 3.68. The number of hydrogen-bond donors (Lipinski definition) is 0. The number of rotatable bonds is 3. The lowest BCUT2D eigenvalue weighted by Crippen LogP contribution is -2.14. The molecule has 0 N–H and O–H groups in total. The van der Waals surface area contributed by atoms with Gasteiger partial charge in [-0.15, -0.1) is 0 Å². The number of benzene rings is 6. The van der Waals surface area contributed by atoms with Gasteiger partial charge in [0.15, 0.2) is 23.3 Å². The molecule has 0 aliphatic rings. The van der Waals surface area contributed by atoms with Gasteiger partial charge in [0, 0.05) is 27.1 Å². The van der Waals surface area contributed by atoms with Crippen LogP contribution in [-0.2, 0) is 6.18 Å². The molecule has 244 valence electrons. The molecule has 0 amide bonds. The van der Waals surface area contributed by atoms with Crippen LogP contribution < -0.4 is 0 Å². The Bertz CT molecular complexity index is 2650. The van der Waals surface area contributed by atoms with Crippen LogP contribution in [0, 0.1) is 42.9 Å². The van der Waals surface area contributed by atoms with Crippen molar-refractivity contribution in [2.45, 2.75) is 20.0 Å². The zero-order valence-corrected chi connectivity index (χ0v) is 25.7. The van der Waals surface area contributed by atoms with Crippen molar-refractivity contribution in [3.8, 4) is 22.5 Å². The van der Waals surface area contributed by atoms with Gasteiger partial charge in [-0.25, -0.2) is 22.0 Å². The van der Waals surface area contributed by atoms with Gasteiger partial charge >= 0.3 is 6.18 Å².